The van der Waals surface area contributed by atoms with Crippen molar-refractivity contribution in [2.24, 2.45) is 0 Å². The Morgan fingerprint density at radius 1 is 0.745 bits per heavy atom. The molecule has 2 saturated heterocycles. The third-order valence-corrected chi connectivity index (χ3v) is 10.1. The van der Waals surface area contributed by atoms with Gasteiger partial charge in [0.15, 0.2) is 32.6 Å². The molecule has 2 unspecified atom stereocenters. The van der Waals surface area contributed by atoms with Crippen LogP contribution in [0.2, 0.25) is 0 Å². The van der Waals surface area contributed by atoms with E-state index in [9.17, 15) is 19.2 Å². The van der Waals surface area contributed by atoms with Gasteiger partial charge in [-0.05, 0) is 13.8 Å². The molecule has 0 spiro atoms. The van der Waals surface area contributed by atoms with Crippen molar-refractivity contribution in [1.29, 1.82) is 0 Å². The molecule has 8 rings (SSSR count). The summed E-state index contributed by atoms with van der Waals surface area (Å²) in [6, 6.07) is 0.412. The Hall–Kier alpha value is -5.50. The molecule has 2 fully saturated rings. The van der Waals surface area contributed by atoms with Gasteiger partial charge < -0.3 is 25.2 Å². The van der Waals surface area contributed by atoms with Crippen molar-refractivity contribution in [1.82, 2.24) is 49.7 Å². The summed E-state index contributed by atoms with van der Waals surface area (Å²) in [5.41, 5.74) is -2.39. The van der Waals surface area contributed by atoms with E-state index in [2.05, 4.69) is 49.3 Å². The molecule has 0 bridgehead atoms. The number of nitrogens with zero attached hydrogens (tertiary/aromatic N) is 10. The molecule has 51 heavy (non-hydrogen) atoms. The maximum absolute atomic E-state index is 13.7. The maximum Gasteiger partial charge on any atom is 0.351 e. The second-order valence-corrected chi connectivity index (χ2v) is 13.9. The summed E-state index contributed by atoms with van der Waals surface area (Å²) in [7, 11) is 0. The van der Waals surface area contributed by atoms with E-state index in [1.54, 1.807) is 23.2 Å². The SMILES string of the molecule is CC1CN(c2cnc3c(=O)c(C(=O)OC(=O)c4cn(-c5nccs5)c5nc(N6CCNCC6)cnc5c4=O)cn(-c4nccs4)c3n2)CC(C)N1. The van der Waals surface area contributed by atoms with Gasteiger partial charge in [0.1, 0.15) is 22.8 Å². The molecular weight excluding hydrogens is 697 g/mol. The van der Waals surface area contributed by atoms with Gasteiger partial charge in [-0.2, -0.15) is 0 Å². The highest BCUT2D eigenvalue weighted by molar-refractivity contribution is 7.12. The van der Waals surface area contributed by atoms with Crippen LogP contribution in [0.3, 0.4) is 0 Å². The molecule has 2 aliphatic rings. The van der Waals surface area contributed by atoms with Crippen LogP contribution in [0.15, 0.2) is 57.5 Å². The van der Waals surface area contributed by atoms with Crippen molar-refractivity contribution < 1.29 is 14.3 Å². The number of carbonyl (C=O) groups is 2. The van der Waals surface area contributed by atoms with Crippen molar-refractivity contribution in [2.75, 3.05) is 49.1 Å². The summed E-state index contributed by atoms with van der Waals surface area (Å²) in [6.07, 6.45) is 8.58. The molecule has 2 N–H and O–H groups in total. The molecule has 6 aromatic rings. The highest BCUT2D eigenvalue weighted by atomic mass is 32.1. The number of pyridine rings is 2. The summed E-state index contributed by atoms with van der Waals surface area (Å²) in [6.45, 7) is 8.46. The van der Waals surface area contributed by atoms with Crippen molar-refractivity contribution in [3.63, 3.8) is 0 Å². The molecule has 0 radical (unpaired) electrons. The number of thiazole rings is 2. The van der Waals surface area contributed by atoms with Gasteiger partial charge in [-0.3, -0.25) is 18.7 Å². The van der Waals surface area contributed by atoms with Gasteiger partial charge in [0, 0.05) is 86.9 Å². The first kappa shape index (κ1) is 32.7. The van der Waals surface area contributed by atoms with E-state index < -0.39 is 33.9 Å². The van der Waals surface area contributed by atoms with E-state index >= 15 is 0 Å². The number of aromatic nitrogens is 8. The van der Waals surface area contributed by atoms with Gasteiger partial charge in [-0.25, -0.2) is 39.5 Å². The average molecular weight is 727 g/mol. The van der Waals surface area contributed by atoms with Gasteiger partial charge in [0.05, 0.1) is 12.4 Å². The van der Waals surface area contributed by atoms with Gasteiger partial charge in [0.25, 0.3) is 0 Å². The third-order valence-electron chi connectivity index (χ3n) is 8.57. The number of ether oxygens (including phenoxy) is 1. The molecular formula is C32H30N12O5S2. The number of piperazine rings is 2. The predicted octanol–water partition coefficient (Wildman–Crippen LogP) is 1.38. The zero-order chi connectivity index (χ0) is 35.2. The molecule has 0 aromatic carbocycles. The first-order valence-corrected chi connectivity index (χ1v) is 17.9. The first-order chi connectivity index (χ1) is 24.7. The van der Waals surface area contributed by atoms with Crippen molar-refractivity contribution in [2.45, 2.75) is 25.9 Å². The highest BCUT2D eigenvalue weighted by Crippen LogP contribution is 2.23. The maximum atomic E-state index is 13.7. The zero-order valence-corrected chi connectivity index (χ0v) is 29.0. The number of hydrogen-bond donors (Lipinski definition) is 2. The lowest BCUT2D eigenvalue weighted by Crippen LogP contribution is -2.54. The Labute approximate surface area is 296 Å². The molecule has 17 nitrogen and oxygen atoms in total. The quantitative estimate of drug-likeness (QED) is 0.184. The predicted molar refractivity (Wildman–Crippen MR) is 191 cm³/mol. The van der Waals surface area contributed by atoms with Crippen molar-refractivity contribution >= 4 is 68.6 Å². The van der Waals surface area contributed by atoms with E-state index in [1.165, 1.54) is 56.6 Å². The summed E-state index contributed by atoms with van der Waals surface area (Å²) in [5, 5.41) is 11.1. The fourth-order valence-electron chi connectivity index (χ4n) is 6.31. The number of anilines is 2. The number of carbonyl (C=O) groups excluding carboxylic acids is 2. The normalized spacial score (nSPS) is 18.0. The lowest BCUT2D eigenvalue weighted by atomic mass is 10.1. The number of esters is 2. The third kappa shape index (κ3) is 6.13. The molecule has 260 valence electrons. The molecule has 8 heterocycles. The van der Waals surface area contributed by atoms with E-state index in [1.807, 2.05) is 4.90 Å². The lowest BCUT2D eigenvalue weighted by Gasteiger charge is -2.36. The van der Waals surface area contributed by atoms with Crippen LogP contribution in [0.5, 0.6) is 0 Å². The second kappa shape index (κ2) is 13.3. The smallest absolute Gasteiger partial charge is 0.351 e. The molecule has 0 amide bonds. The minimum absolute atomic E-state index is 0.109. The summed E-state index contributed by atoms with van der Waals surface area (Å²) in [5.74, 6) is -1.41. The number of fused-ring (bicyclic) bond motifs is 2. The second-order valence-electron chi connectivity index (χ2n) is 12.2. The Morgan fingerprint density at radius 2 is 1.24 bits per heavy atom. The van der Waals surface area contributed by atoms with Gasteiger partial charge in [-0.15, -0.1) is 22.7 Å². The lowest BCUT2D eigenvalue weighted by molar-refractivity contribution is 0.0395. The van der Waals surface area contributed by atoms with Crippen molar-refractivity contribution in [3.8, 4) is 10.3 Å². The fraction of sp³-hybridized carbons (Fsp3) is 0.312. The molecule has 19 heteroatoms. The monoisotopic (exact) mass is 726 g/mol. The Bertz CT molecular complexity index is 2400. The van der Waals surface area contributed by atoms with Crippen LogP contribution in [0.1, 0.15) is 34.6 Å². The van der Waals surface area contributed by atoms with E-state index in [0.717, 1.165) is 13.1 Å². The van der Waals surface area contributed by atoms with Crippen LogP contribution in [0, 0.1) is 0 Å². The number of nitrogens with one attached hydrogen (secondary N) is 2. The van der Waals surface area contributed by atoms with Crippen LogP contribution < -0.4 is 31.3 Å². The molecule has 0 saturated carbocycles. The molecule has 2 atom stereocenters. The Balaban J connectivity index is 1.17. The minimum atomic E-state index is -1.27. The first-order valence-electron chi connectivity index (χ1n) is 16.1. The number of hydrogen-bond acceptors (Lipinski definition) is 17. The van der Waals surface area contributed by atoms with Crippen LogP contribution >= 0.6 is 22.7 Å². The van der Waals surface area contributed by atoms with Crippen molar-refractivity contribution in [3.05, 3.63) is 79.5 Å². The van der Waals surface area contributed by atoms with E-state index in [4.69, 9.17) is 14.7 Å². The topological polar surface area (TPSA) is 195 Å². The molecule has 0 aliphatic carbocycles. The zero-order valence-electron chi connectivity index (χ0n) is 27.3. The van der Waals surface area contributed by atoms with Crippen LogP contribution in [0.25, 0.3) is 32.6 Å². The highest BCUT2D eigenvalue weighted by Gasteiger charge is 2.28. The average Bonchev–Trinajstić information content (AvgIpc) is 3.88. The van der Waals surface area contributed by atoms with Gasteiger partial charge in [-0.1, -0.05) is 0 Å². The van der Waals surface area contributed by atoms with E-state index in [-0.39, 0.29) is 34.4 Å². The van der Waals surface area contributed by atoms with E-state index in [0.29, 0.717) is 48.1 Å². The fourth-order valence-corrected chi connectivity index (χ4v) is 7.54. The summed E-state index contributed by atoms with van der Waals surface area (Å²) in [4.78, 5) is 85.8. The Kier molecular flexibility index (Phi) is 8.54. The standard InChI is InChI=1S/C32H30N12O5S2/c1-17-13-42(14-18(2)38-17)22-12-37-24-26(46)20(16-44(28(24)40-22)32-35-6-10-51-32)30(48)49-29(47)19-15-43(31-34-5-9-50-31)27-23(25(19)45)36-11-21(39-27)41-7-3-33-4-8-41/h5-6,9-12,15-18,33,38H,3-4,7-8,13-14H2,1-2H3. The minimum Gasteiger partial charge on any atom is -0.385 e. The van der Waals surface area contributed by atoms with Gasteiger partial charge >= 0.3 is 11.9 Å². The molecule has 2 aliphatic heterocycles. The van der Waals surface area contributed by atoms with Crippen LogP contribution in [-0.4, -0.2) is 102 Å². The van der Waals surface area contributed by atoms with Crippen LogP contribution in [0.4, 0.5) is 11.6 Å². The number of rotatable bonds is 6. The van der Waals surface area contributed by atoms with Crippen LogP contribution in [-0.2, 0) is 4.74 Å². The van der Waals surface area contributed by atoms with Gasteiger partial charge in [0.2, 0.25) is 10.9 Å². The Morgan fingerprint density at radius 3 is 1.71 bits per heavy atom. The molecule has 6 aromatic heterocycles. The largest absolute Gasteiger partial charge is 0.385 e. The summed E-state index contributed by atoms with van der Waals surface area (Å²) < 4.78 is 8.17. The summed E-state index contributed by atoms with van der Waals surface area (Å²) >= 11 is 2.51.